The molecule has 3 nitrogen and oxygen atoms in total. The van der Waals surface area contributed by atoms with Crippen LogP contribution in [0, 0.1) is 17.8 Å². The minimum Gasteiger partial charge on any atom is -0.384 e. The van der Waals surface area contributed by atoms with Crippen molar-refractivity contribution >= 4 is 5.78 Å². The van der Waals surface area contributed by atoms with Gasteiger partial charge in [-0.2, -0.15) is 0 Å². The van der Waals surface area contributed by atoms with Crippen molar-refractivity contribution in [1.29, 1.82) is 0 Å². The van der Waals surface area contributed by atoms with Gasteiger partial charge in [-0.3, -0.25) is 4.79 Å². The number of hydrogen-bond donors (Lipinski definition) is 1. The van der Waals surface area contributed by atoms with E-state index in [9.17, 15) is 4.79 Å². The van der Waals surface area contributed by atoms with E-state index in [0.29, 0.717) is 24.2 Å². The molecule has 0 saturated heterocycles. The van der Waals surface area contributed by atoms with Gasteiger partial charge in [-0.05, 0) is 31.7 Å². The standard InChI is InChI=1S/C12H23NO2/c1-8(2)10(7-15-4)9-5-6-11(13-3)12(9)14/h8-11,13H,5-7H2,1-4H3. The van der Waals surface area contributed by atoms with Crippen LogP contribution >= 0.6 is 0 Å². The second kappa shape index (κ2) is 5.61. The van der Waals surface area contributed by atoms with Crippen LogP contribution in [0.3, 0.4) is 0 Å². The van der Waals surface area contributed by atoms with E-state index in [-0.39, 0.29) is 12.0 Å². The summed E-state index contributed by atoms with van der Waals surface area (Å²) in [5, 5.41) is 3.09. The highest BCUT2D eigenvalue weighted by molar-refractivity contribution is 5.88. The first-order valence-corrected chi connectivity index (χ1v) is 5.81. The van der Waals surface area contributed by atoms with Crippen LogP contribution < -0.4 is 5.32 Å². The Balaban J connectivity index is 2.65. The van der Waals surface area contributed by atoms with Crippen molar-refractivity contribution in [2.75, 3.05) is 20.8 Å². The van der Waals surface area contributed by atoms with E-state index < -0.39 is 0 Å². The van der Waals surface area contributed by atoms with Gasteiger partial charge in [0.2, 0.25) is 0 Å². The normalized spacial score (nSPS) is 28.7. The Morgan fingerprint density at radius 3 is 2.53 bits per heavy atom. The van der Waals surface area contributed by atoms with Crippen LogP contribution in [0.5, 0.6) is 0 Å². The minimum absolute atomic E-state index is 0.0770. The number of ketones is 1. The average molecular weight is 213 g/mol. The van der Waals surface area contributed by atoms with Gasteiger partial charge < -0.3 is 10.1 Å². The molecule has 0 spiro atoms. The monoisotopic (exact) mass is 213 g/mol. The Bertz CT molecular complexity index is 216. The van der Waals surface area contributed by atoms with Gasteiger partial charge in [0.1, 0.15) is 0 Å². The quantitative estimate of drug-likeness (QED) is 0.751. The van der Waals surface area contributed by atoms with Gasteiger partial charge in [0.25, 0.3) is 0 Å². The lowest BCUT2D eigenvalue weighted by atomic mass is 9.82. The van der Waals surface area contributed by atoms with Gasteiger partial charge in [-0.25, -0.2) is 0 Å². The van der Waals surface area contributed by atoms with E-state index in [2.05, 4.69) is 19.2 Å². The second-order valence-corrected chi connectivity index (χ2v) is 4.79. The average Bonchev–Trinajstić information content (AvgIpc) is 2.55. The van der Waals surface area contributed by atoms with Crippen molar-refractivity contribution in [2.45, 2.75) is 32.7 Å². The lowest BCUT2D eigenvalue weighted by Crippen LogP contribution is -2.36. The van der Waals surface area contributed by atoms with Crippen LogP contribution in [0.4, 0.5) is 0 Å². The number of nitrogens with one attached hydrogen (secondary N) is 1. The molecule has 1 aliphatic carbocycles. The predicted molar refractivity (Wildman–Crippen MR) is 60.8 cm³/mol. The first-order valence-electron chi connectivity index (χ1n) is 5.81. The molecular weight excluding hydrogens is 190 g/mol. The van der Waals surface area contributed by atoms with Crippen LogP contribution in [0.25, 0.3) is 0 Å². The van der Waals surface area contributed by atoms with Crippen molar-refractivity contribution in [3.8, 4) is 0 Å². The largest absolute Gasteiger partial charge is 0.384 e. The van der Waals surface area contributed by atoms with Gasteiger partial charge in [0.15, 0.2) is 5.78 Å². The van der Waals surface area contributed by atoms with Gasteiger partial charge in [-0.15, -0.1) is 0 Å². The molecule has 88 valence electrons. The molecule has 0 aliphatic heterocycles. The fraction of sp³-hybridized carbons (Fsp3) is 0.917. The third-order valence-corrected chi connectivity index (χ3v) is 3.56. The van der Waals surface area contributed by atoms with Crippen molar-refractivity contribution < 1.29 is 9.53 Å². The van der Waals surface area contributed by atoms with Crippen LogP contribution in [-0.2, 0) is 9.53 Å². The van der Waals surface area contributed by atoms with Crippen molar-refractivity contribution in [3.63, 3.8) is 0 Å². The predicted octanol–water partition coefficient (Wildman–Crippen LogP) is 1.47. The molecule has 1 aliphatic rings. The molecule has 0 aromatic heterocycles. The van der Waals surface area contributed by atoms with Gasteiger partial charge >= 0.3 is 0 Å². The zero-order valence-electron chi connectivity index (χ0n) is 10.2. The number of Topliss-reactive ketones (excluding diaryl/α,β-unsaturated/α-hetero) is 1. The number of hydrogen-bond acceptors (Lipinski definition) is 3. The third kappa shape index (κ3) is 2.79. The Morgan fingerprint density at radius 2 is 2.13 bits per heavy atom. The molecule has 0 amide bonds. The maximum Gasteiger partial charge on any atom is 0.153 e. The molecule has 3 heteroatoms. The molecule has 1 saturated carbocycles. The summed E-state index contributed by atoms with van der Waals surface area (Å²) in [6.45, 7) is 5.04. The number of carbonyl (C=O) groups is 1. The van der Waals surface area contributed by atoms with Crippen LogP contribution in [0.15, 0.2) is 0 Å². The molecule has 0 bridgehead atoms. The number of likely N-dealkylation sites (N-methyl/N-ethyl adjacent to an activating group) is 1. The number of methoxy groups -OCH3 is 1. The van der Waals surface area contributed by atoms with E-state index in [1.165, 1.54) is 0 Å². The Kier molecular flexibility index (Phi) is 4.74. The number of ether oxygens (including phenoxy) is 1. The lowest BCUT2D eigenvalue weighted by molar-refractivity contribution is -0.125. The molecule has 0 aromatic carbocycles. The highest BCUT2D eigenvalue weighted by Crippen LogP contribution is 2.33. The van der Waals surface area contributed by atoms with Crippen molar-refractivity contribution in [3.05, 3.63) is 0 Å². The SMILES string of the molecule is CNC1CCC(C(COC)C(C)C)C1=O. The lowest BCUT2D eigenvalue weighted by Gasteiger charge is -2.25. The summed E-state index contributed by atoms with van der Waals surface area (Å²) in [4.78, 5) is 12.0. The summed E-state index contributed by atoms with van der Waals surface area (Å²) in [7, 11) is 3.58. The van der Waals surface area contributed by atoms with Gasteiger partial charge in [-0.1, -0.05) is 13.8 Å². The van der Waals surface area contributed by atoms with E-state index in [4.69, 9.17) is 4.74 Å². The maximum atomic E-state index is 12.0. The molecule has 0 aromatic rings. The molecule has 0 heterocycles. The highest BCUT2D eigenvalue weighted by Gasteiger charge is 2.39. The molecule has 15 heavy (non-hydrogen) atoms. The van der Waals surface area contributed by atoms with Gasteiger partial charge in [0.05, 0.1) is 6.04 Å². The maximum absolute atomic E-state index is 12.0. The smallest absolute Gasteiger partial charge is 0.153 e. The van der Waals surface area contributed by atoms with Crippen LogP contribution in [0.1, 0.15) is 26.7 Å². The van der Waals surface area contributed by atoms with E-state index in [0.717, 1.165) is 12.8 Å². The zero-order valence-corrected chi connectivity index (χ0v) is 10.2. The Morgan fingerprint density at radius 1 is 1.47 bits per heavy atom. The summed E-state index contributed by atoms with van der Waals surface area (Å²) in [6.07, 6.45) is 1.99. The van der Waals surface area contributed by atoms with E-state index in [1.807, 2.05) is 7.05 Å². The highest BCUT2D eigenvalue weighted by atomic mass is 16.5. The van der Waals surface area contributed by atoms with Crippen LogP contribution in [0.2, 0.25) is 0 Å². The molecule has 1 N–H and O–H groups in total. The number of rotatable bonds is 5. The summed E-state index contributed by atoms with van der Waals surface area (Å²) >= 11 is 0. The topological polar surface area (TPSA) is 38.3 Å². The van der Waals surface area contributed by atoms with E-state index >= 15 is 0 Å². The molecule has 3 atom stereocenters. The third-order valence-electron chi connectivity index (χ3n) is 3.56. The van der Waals surface area contributed by atoms with E-state index in [1.54, 1.807) is 7.11 Å². The molecule has 1 fully saturated rings. The van der Waals surface area contributed by atoms with Crippen molar-refractivity contribution in [1.82, 2.24) is 5.32 Å². The first kappa shape index (κ1) is 12.7. The second-order valence-electron chi connectivity index (χ2n) is 4.79. The fourth-order valence-electron chi connectivity index (χ4n) is 2.57. The fourth-order valence-corrected chi connectivity index (χ4v) is 2.57. The minimum atomic E-state index is 0.0770. The Hall–Kier alpha value is -0.410. The molecule has 0 radical (unpaired) electrons. The molecular formula is C12H23NO2. The summed E-state index contributed by atoms with van der Waals surface area (Å²) in [6, 6.07) is 0.0770. The molecule has 1 rings (SSSR count). The summed E-state index contributed by atoms with van der Waals surface area (Å²) in [5.41, 5.74) is 0. The number of carbonyl (C=O) groups excluding carboxylic acids is 1. The first-order chi connectivity index (χ1) is 7.11. The summed E-state index contributed by atoms with van der Waals surface area (Å²) < 4.78 is 5.22. The van der Waals surface area contributed by atoms with Crippen molar-refractivity contribution in [2.24, 2.45) is 17.8 Å². The van der Waals surface area contributed by atoms with Gasteiger partial charge in [0, 0.05) is 19.6 Å². The summed E-state index contributed by atoms with van der Waals surface area (Å²) in [5.74, 6) is 1.46. The van der Waals surface area contributed by atoms with Crippen LogP contribution in [-0.4, -0.2) is 32.6 Å². The Labute approximate surface area is 92.6 Å². The zero-order chi connectivity index (χ0) is 11.4. The molecule has 3 unspecified atom stereocenters.